The number of aliphatic hydroxyl groups is 2. The summed E-state index contributed by atoms with van der Waals surface area (Å²) >= 11 is 0. The third kappa shape index (κ3) is 10.5. The molecule has 0 aliphatic rings. The maximum absolute atomic E-state index is 11.0. The molecule has 0 heterocycles. The smallest absolute Gasteiger partial charge is 0.221 e. The molecule has 7 nitrogen and oxygen atoms in total. The second-order valence-corrected chi connectivity index (χ2v) is 7.79. The Morgan fingerprint density at radius 1 is 1.09 bits per heavy atom. The summed E-state index contributed by atoms with van der Waals surface area (Å²) in [6, 6.07) is 12.1. The number of hydrogen-bond acceptors (Lipinski definition) is 6. The van der Waals surface area contributed by atoms with E-state index >= 15 is 0 Å². The molecule has 0 radical (unpaired) electrons. The predicted octanol–water partition coefficient (Wildman–Crippen LogP) is 3.09. The molecule has 1 unspecified atom stereocenters. The van der Waals surface area contributed by atoms with E-state index in [4.69, 9.17) is 4.74 Å². The molecule has 0 aliphatic heterocycles. The zero-order valence-corrected chi connectivity index (χ0v) is 19.1. The molecule has 0 saturated heterocycles. The van der Waals surface area contributed by atoms with Gasteiger partial charge in [0.25, 0.3) is 0 Å². The van der Waals surface area contributed by atoms with Gasteiger partial charge >= 0.3 is 0 Å². The van der Waals surface area contributed by atoms with Crippen LogP contribution in [-0.4, -0.2) is 47.5 Å². The first kappa shape index (κ1) is 26.4. The van der Waals surface area contributed by atoms with Crippen molar-refractivity contribution in [3.63, 3.8) is 0 Å². The van der Waals surface area contributed by atoms with E-state index < -0.39 is 6.10 Å². The molecule has 0 bridgehead atoms. The number of nitrogens with one attached hydrogen (secondary N) is 2. The van der Waals surface area contributed by atoms with Gasteiger partial charge in [0.1, 0.15) is 12.4 Å². The molecule has 1 atom stereocenters. The van der Waals surface area contributed by atoms with Gasteiger partial charge in [-0.3, -0.25) is 4.79 Å². The van der Waals surface area contributed by atoms with E-state index in [1.54, 1.807) is 12.1 Å². The highest BCUT2D eigenvalue weighted by Gasteiger charge is 2.09. The zero-order chi connectivity index (χ0) is 23.9. The van der Waals surface area contributed by atoms with Crippen LogP contribution in [0.25, 0.3) is 0 Å². The summed E-state index contributed by atoms with van der Waals surface area (Å²) in [6.07, 6.45) is 3.46. The molecular formula is C26H34N2O5. The van der Waals surface area contributed by atoms with Gasteiger partial charge in [-0.05, 0) is 61.3 Å². The predicted molar refractivity (Wildman–Crippen MR) is 129 cm³/mol. The van der Waals surface area contributed by atoms with Crippen molar-refractivity contribution in [2.45, 2.75) is 45.3 Å². The number of anilines is 1. The molecule has 0 aliphatic carbocycles. The number of benzene rings is 2. The largest absolute Gasteiger partial charge is 0.508 e. The van der Waals surface area contributed by atoms with E-state index in [0.29, 0.717) is 30.9 Å². The van der Waals surface area contributed by atoms with Crippen LogP contribution in [0.2, 0.25) is 0 Å². The van der Waals surface area contributed by atoms with Crippen molar-refractivity contribution >= 4 is 11.6 Å². The summed E-state index contributed by atoms with van der Waals surface area (Å²) in [6.45, 7) is 3.52. The molecule has 2 aromatic rings. The highest BCUT2D eigenvalue weighted by atomic mass is 16.5. The monoisotopic (exact) mass is 454 g/mol. The highest BCUT2D eigenvalue weighted by Crippen LogP contribution is 2.22. The number of rotatable bonds is 13. The summed E-state index contributed by atoms with van der Waals surface area (Å²) in [5.41, 5.74) is 2.72. The van der Waals surface area contributed by atoms with Crippen LogP contribution in [0.5, 0.6) is 5.75 Å². The molecule has 0 saturated carbocycles. The summed E-state index contributed by atoms with van der Waals surface area (Å²) in [5, 5.41) is 35.0. The number of ether oxygens (including phenoxy) is 1. The van der Waals surface area contributed by atoms with Crippen LogP contribution in [-0.2, 0) is 16.1 Å². The molecule has 0 aromatic heterocycles. The van der Waals surface area contributed by atoms with Crippen molar-refractivity contribution in [2.75, 3.05) is 31.6 Å². The normalized spacial score (nSPS) is 11.5. The molecule has 0 fully saturated rings. The van der Waals surface area contributed by atoms with Crippen molar-refractivity contribution in [3.8, 4) is 17.6 Å². The Hall–Kier alpha value is -2.89. The van der Waals surface area contributed by atoms with Crippen molar-refractivity contribution < 1.29 is 24.9 Å². The van der Waals surface area contributed by atoms with Crippen LogP contribution in [0.3, 0.4) is 0 Å². The second-order valence-electron chi connectivity index (χ2n) is 7.79. The van der Waals surface area contributed by atoms with Gasteiger partial charge in [0, 0.05) is 36.9 Å². The van der Waals surface area contributed by atoms with Crippen molar-refractivity contribution in [1.29, 1.82) is 0 Å². The first-order valence-corrected chi connectivity index (χ1v) is 11.3. The number of hydrogen-bond donors (Lipinski definition) is 5. The van der Waals surface area contributed by atoms with Gasteiger partial charge in [0.2, 0.25) is 5.91 Å². The average molecular weight is 455 g/mol. The van der Waals surface area contributed by atoms with Crippen molar-refractivity contribution in [1.82, 2.24) is 5.32 Å². The number of unbranched alkanes of at least 4 members (excludes halogenated alkanes) is 3. The number of carbonyl (C=O) groups is 1. The quantitative estimate of drug-likeness (QED) is 0.235. The fourth-order valence-corrected chi connectivity index (χ4v) is 3.21. The van der Waals surface area contributed by atoms with Gasteiger partial charge in [-0.25, -0.2) is 0 Å². The maximum atomic E-state index is 11.0. The lowest BCUT2D eigenvalue weighted by Crippen LogP contribution is -2.22. The van der Waals surface area contributed by atoms with E-state index in [2.05, 4.69) is 22.5 Å². The molecule has 178 valence electrons. The minimum Gasteiger partial charge on any atom is -0.508 e. The summed E-state index contributed by atoms with van der Waals surface area (Å²) in [7, 11) is 0. The lowest BCUT2D eigenvalue weighted by Gasteiger charge is -2.14. The fraction of sp³-hybridized carbons (Fsp3) is 0.423. The number of amides is 1. The highest BCUT2D eigenvalue weighted by molar-refractivity contribution is 5.88. The summed E-state index contributed by atoms with van der Waals surface area (Å²) in [5.74, 6) is 5.97. The Bertz CT molecular complexity index is 919. The third-order valence-electron chi connectivity index (χ3n) is 5.00. The lowest BCUT2D eigenvalue weighted by atomic mass is 10.1. The second kappa shape index (κ2) is 15.0. The van der Waals surface area contributed by atoms with Gasteiger partial charge in [-0.1, -0.05) is 30.7 Å². The van der Waals surface area contributed by atoms with E-state index in [-0.39, 0.29) is 18.3 Å². The van der Waals surface area contributed by atoms with Crippen LogP contribution in [0.15, 0.2) is 42.5 Å². The Balaban J connectivity index is 1.47. The first-order valence-electron chi connectivity index (χ1n) is 11.3. The summed E-state index contributed by atoms with van der Waals surface area (Å²) in [4.78, 5) is 11.0. The number of aromatic hydroxyl groups is 1. The first-order chi connectivity index (χ1) is 16.0. The minimum absolute atomic E-state index is 0.0342. The number of phenols is 1. The van der Waals surface area contributed by atoms with Crippen LogP contribution in [0.4, 0.5) is 5.69 Å². The van der Waals surface area contributed by atoms with Crippen LogP contribution >= 0.6 is 0 Å². The van der Waals surface area contributed by atoms with Gasteiger partial charge in [-0.2, -0.15) is 0 Å². The lowest BCUT2D eigenvalue weighted by molar-refractivity contribution is -0.114. The Morgan fingerprint density at radius 2 is 1.85 bits per heavy atom. The van der Waals surface area contributed by atoms with E-state index in [0.717, 1.165) is 43.5 Å². The number of carbonyl (C=O) groups excluding carboxylic acids is 1. The molecule has 2 aromatic carbocycles. The average Bonchev–Trinajstić information content (AvgIpc) is 2.80. The molecular weight excluding hydrogens is 420 g/mol. The third-order valence-corrected chi connectivity index (χ3v) is 5.00. The van der Waals surface area contributed by atoms with Crippen LogP contribution in [0.1, 0.15) is 55.4 Å². The van der Waals surface area contributed by atoms with Crippen LogP contribution < -0.4 is 10.6 Å². The Labute approximate surface area is 195 Å². The molecule has 7 heteroatoms. The fourth-order valence-electron chi connectivity index (χ4n) is 3.21. The van der Waals surface area contributed by atoms with Gasteiger partial charge in [-0.15, -0.1) is 0 Å². The maximum Gasteiger partial charge on any atom is 0.221 e. The molecule has 5 N–H and O–H groups in total. The van der Waals surface area contributed by atoms with Gasteiger partial charge < -0.3 is 30.7 Å². The SMILES string of the molecule is CC(=O)Nc1ccc(C#CCOCCCCCCNCC(O)c2ccc(O)c(CO)c2)cc1. The van der Waals surface area contributed by atoms with Crippen molar-refractivity contribution in [2.24, 2.45) is 0 Å². The Kier molecular flexibility index (Phi) is 12.0. The molecule has 33 heavy (non-hydrogen) atoms. The van der Waals surface area contributed by atoms with Crippen LogP contribution in [0, 0.1) is 11.8 Å². The zero-order valence-electron chi connectivity index (χ0n) is 19.1. The van der Waals surface area contributed by atoms with E-state index in [1.165, 1.54) is 13.0 Å². The minimum atomic E-state index is -0.680. The topological polar surface area (TPSA) is 111 Å². The molecule has 2 rings (SSSR count). The standard InChI is InChI=1S/C26H34N2O5/c1-20(30)28-24-11-8-21(9-12-24)7-6-16-33-15-5-3-2-4-14-27-18-26(32)22-10-13-25(31)23(17-22)19-29/h8-13,17,26-27,29,31-32H,2-5,14-16,18-19H2,1H3,(H,28,30). The van der Waals surface area contributed by atoms with E-state index in [1.807, 2.05) is 24.3 Å². The summed E-state index contributed by atoms with van der Waals surface area (Å²) < 4.78 is 5.55. The van der Waals surface area contributed by atoms with E-state index in [9.17, 15) is 20.1 Å². The molecule has 0 spiro atoms. The van der Waals surface area contributed by atoms with Gasteiger partial charge in [0.15, 0.2) is 0 Å². The Morgan fingerprint density at radius 3 is 2.58 bits per heavy atom. The molecule has 1 amide bonds. The van der Waals surface area contributed by atoms with Crippen molar-refractivity contribution in [3.05, 3.63) is 59.2 Å². The van der Waals surface area contributed by atoms with Gasteiger partial charge in [0.05, 0.1) is 12.7 Å². The number of aliphatic hydroxyl groups excluding tert-OH is 2.